The van der Waals surface area contributed by atoms with E-state index in [2.05, 4.69) is 37.0 Å². The molecule has 1 spiro atoms. The van der Waals surface area contributed by atoms with E-state index in [9.17, 15) is 4.79 Å². The number of hydrogen-bond donors (Lipinski definition) is 0. The van der Waals surface area contributed by atoms with Gasteiger partial charge in [-0.15, -0.1) is 0 Å². The van der Waals surface area contributed by atoms with Crippen molar-refractivity contribution in [3.8, 4) is 22.8 Å². The molecular weight excluding hydrogens is 505 g/mol. The van der Waals surface area contributed by atoms with E-state index < -0.39 is 0 Å². The number of aromatic nitrogens is 1. The summed E-state index contributed by atoms with van der Waals surface area (Å²) in [6.45, 7) is 5.03. The van der Waals surface area contributed by atoms with Gasteiger partial charge in [0.25, 0.3) is 0 Å². The molecule has 0 saturated heterocycles. The van der Waals surface area contributed by atoms with E-state index in [0.29, 0.717) is 24.0 Å². The number of ether oxygens (including phenoxy) is 3. The van der Waals surface area contributed by atoms with Crippen molar-refractivity contribution in [2.45, 2.75) is 76.7 Å². The Morgan fingerprint density at radius 1 is 1.02 bits per heavy atom. The Kier molecular flexibility index (Phi) is 6.84. The minimum atomic E-state index is -0.352. The van der Waals surface area contributed by atoms with E-state index in [4.69, 9.17) is 14.2 Å². The van der Waals surface area contributed by atoms with Crippen LogP contribution in [0, 0.1) is 17.2 Å². The first-order valence-corrected chi connectivity index (χ1v) is 14.4. The number of carbonyl (C=O) groups is 1. The molecule has 0 bridgehead atoms. The van der Waals surface area contributed by atoms with E-state index in [1.54, 1.807) is 13.2 Å². The number of aryl methyl sites for hydroxylation is 1. The summed E-state index contributed by atoms with van der Waals surface area (Å²) in [4.78, 5) is 16.5. The second-order valence-corrected chi connectivity index (χ2v) is 12.4. The van der Waals surface area contributed by atoms with E-state index >= 15 is 4.39 Å². The monoisotopic (exact) mass is 543 g/mol. The van der Waals surface area contributed by atoms with Crippen LogP contribution in [0.4, 0.5) is 4.39 Å². The van der Waals surface area contributed by atoms with Gasteiger partial charge in [0.15, 0.2) is 0 Å². The molecular formula is C34H38FNO4. The maximum absolute atomic E-state index is 15.1. The third-order valence-electron chi connectivity index (χ3n) is 9.97. The van der Waals surface area contributed by atoms with Gasteiger partial charge in [-0.1, -0.05) is 44.5 Å². The predicted octanol–water partition coefficient (Wildman–Crippen LogP) is 7.54. The SMILES string of the molecule is COC(=O)[C@@H]1CC[C@@]12CCc1ccc(OCc3ccc(-c4cc(OC)ncc4F)c([C@@H]4CCCC4(C)C)c3)cc12. The number of nitrogens with zero attached hydrogens (tertiary/aromatic N) is 1. The van der Waals surface area contributed by atoms with Gasteiger partial charge in [0, 0.05) is 17.0 Å². The normalized spacial score (nSPS) is 24.4. The molecule has 0 N–H and O–H groups in total. The molecule has 0 radical (unpaired) electrons. The predicted molar refractivity (Wildman–Crippen MR) is 152 cm³/mol. The lowest BCUT2D eigenvalue weighted by molar-refractivity contribution is -0.153. The van der Waals surface area contributed by atoms with E-state index in [-0.39, 0.29) is 28.5 Å². The summed E-state index contributed by atoms with van der Waals surface area (Å²) in [6.07, 6.45) is 8.48. The number of esters is 1. The van der Waals surface area contributed by atoms with Crippen LogP contribution >= 0.6 is 0 Å². The van der Waals surface area contributed by atoms with Gasteiger partial charge in [-0.2, -0.15) is 0 Å². The zero-order chi connectivity index (χ0) is 28.1. The molecule has 6 heteroatoms. The van der Waals surface area contributed by atoms with Crippen LogP contribution in [0.25, 0.3) is 11.1 Å². The summed E-state index contributed by atoms with van der Waals surface area (Å²) in [6, 6.07) is 14.3. The van der Waals surface area contributed by atoms with Gasteiger partial charge in [0.1, 0.15) is 18.2 Å². The zero-order valence-corrected chi connectivity index (χ0v) is 23.9. The first-order valence-electron chi connectivity index (χ1n) is 14.4. The summed E-state index contributed by atoms with van der Waals surface area (Å²) in [5.74, 6) is 1.01. The smallest absolute Gasteiger partial charge is 0.309 e. The second kappa shape index (κ2) is 10.2. The van der Waals surface area contributed by atoms with Crippen molar-refractivity contribution in [2.24, 2.45) is 11.3 Å². The molecule has 40 heavy (non-hydrogen) atoms. The van der Waals surface area contributed by atoms with Crippen LogP contribution in [0.2, 0.25) is 0 Å². The maximum atomic E-state index is 15.1. The van der Waals surface area contributed by atoms with E-state index in [0.717, 1.165) is 67.4 Å². The number of pyridine rings is 1. The van der Waals surface area contributed by atoms with E-state index in [1.165, 1.54) is 24.4 Å². The average Bonchev–Trinajstić information content (AvgIpc) is 3.51. The molecule has 2 aromatic carbocycles. The molecule has 3 aliphatic carbocycles. The molecule has 5 nitrogen and oxygen atoms in total. The van der Waals surface area contributed by atoms with Crippen molar-refractivity contribution >= 4 is 5.97 Å². The molecule has 1 heterocycles. The summed E-state index contributed by atoms with van der Waals surface area (Å²) >= 11 is 0. The highest BCUT2D eigenvalue weighted by Crippen LogP contribution is 2.57. The second-order valence-electron chi connectivity index (χ2n) is 12.4. The van der Waals surface area contributed by atoms with Crippen molar-refractivity contribution in [3.63, 3.8) is 0 Å². The van der Waals surface area contributed by atoms with Crippen LogP contribution in [-0.2, 0) is 28.0 Å². The lowest BCUT2D eigenvalue weighted by Gasteiger charge is -2.46. The molecule has 210 valence electrons. The zero-order valence-electron chi connectivity index (χ0n) is 23.9. The van der Waals surface area contributed by atoms with Crippen LogP contribution in [0.1, 0.15) is 80.5 Å². The Hall–Kier alpha value is -3.41. The van der Waals surface area contributed by atoms with Crippen LogP contribution in [0.5, 0.6) is 11.6 Å². The van der Waals surface area contributed by atoms with Crippen molar-refractivity contribution in [1.29, 1.82) is 0 Å². The number of rotatable bonds is 7. The molecule has 2 fully saturated rings. The fraction of sp³-hybridized carbons (Fsp3) is 0.471. The number of fused-ring (bicyclic) bond motifs is 2. The quantitative estimate of drug-likeness (QED) is 0.288. The van der Waals surface area contributed by atoms with Crippen molar-refractivity contribution < 1.29 is 23.4 Å². The molecule has 0 unspecified atom stereocenters. The molecule has 6 rings (SSSR count). The van der Waals surface area contributed by atoms with Gasteiger partial charge >= 0.3 is 5.97 Å². The topological polar surface area (TPSA) is 57.7 Å². The number of hydrogen-bond acceptors (Lipinski definition) is 5. The number of halogens is 1. The lowest BCUT2D eigenvalue weighted by atomic mass is 9.57. The Balaban J connectivity index is 1.30. The highest BCUT2D eigenvalue weighted by atomic mass is 19.1. The number of carbonyl (C=O) groups excluding carboxylic acids is 1. The first-order chi connectivity index (χ1) is 19.3. The largest absolute Gasteiger partial charge is 0.489 e. The fourth-order valence-corrected chi connectivity index (χ4v) is 7.61. The van der Waals surface area contributed by atoms with Gasteiger partial charge in [-0.05, 0) is 89.8 Å². The Labute approximate surface area is 236 Å². The van der Waals surface area contributed by atoms with Gasteiger partial charge < -0.3 is 14.2 Å². The fourth-order valence-electron chi connectivity index (χ4n) is 7.61. The van der Waals surface area contributed by atoms with Gasteiger partial charge in [0.05, 0.1) is 26.3 Å². The standard InChI is InChI=1S/C34H38FNO4/c1-33(2)13-5-6-27(33)25-16-21(7-10-24(25)26-18-31(38-3)36-19-30(26)35)20-40-23-9-8-22-11-14-34(29(22)17-23)15-12-28(34)32(37)39-4/h7-10,16-19,27-28H,5-6,11-15,20H2,1-4H3/t27-,28-,34-/m0/s1. The summed E-state index contributed by atoms with van der Waals surface area (Å²) in [7, 11) is 3.03. The molecule has 3 atom stereocenters. The molecule has 3 aromatic rings. The van der Waals surface area contributed by atoms with Gasteiger partial charge in [-0.25, -0.2) is 9.37 Å². The third-order valence-corrected chi connectivity index (χ3v) is 9.97. The summed E-state index contributed by atoms with van der Waals surface area (Å²) in [5.41, 5.74) is 6.17. The molecule has 1 aromatic heterocycles. The van der Waals surface area contributed by atoms with Crippen LogP contribution in [-0.4, -0.2) is 25.2 Å². The first kappa shape index (κ1) is 26.8. The van der Waals surface area contributed by atoms with Crippen molar-refractivity contribution in [3.05, 3.63) is 76.7 Å². The molecule has 0 aliphatic heterocycles. The average molecular weight is 544 g/mol. The molecule has 3 aliphatic rings. The van der Waals surface area contributed by atoms with Crippen LogP contribution in [0.15, 0.2) is 48.7 Å². The third kappa shape index (κ3) is 4.46. The minimum Gasteiger partial charge on any atom is -0.489 e. The molecule has 2 saturated carbocycles. The van der Waals surface area contributed by atoms with Crippen molar-refractivity contribution in [2.75, 3.05) is 14.2 Å². The summed E-state index contributed by atoms with van der Waals surface area (Å²) in [5, 5.41) is 0. The minimum absolute atomic E-state index is 0.0638. The van der Waals surface area contributed by atoms with Gasteiger partial charge in [-0.3, -0.25) is 4.79 Å². The van der Waals surface area contributed by atoms with Gasteiger partial charge in [0.2, 0.25) is 5.88 Å². The Bertz CT molecular complexity index is 1450. The van der Waals surface area contributed by atoms with E-state index in [1.807, 2.05) is 18.2 Å². The lowest BCUT2D eigenvalue weighted by Crippen LogP contribution is -2.47. The summed E-state index contributed by atoms with van der Waals surface area (Å²) < 4.78 is 31.8. The Morgan fingerprint density at radius 3 is 2.58 bits per heavy atom. The van der Waals surface area contributed by atoms with Crippen molar-refractivity contribution in [1.82, 2.24) is 4.98 Å². The maximum Gasteiger partial charge on any atom is 0.309 e. The number of methoxy groups -OCH3 is 2. The Morgan fingerprint density at radius 2 is 1.88 bits per heavy atom. The number of benzene rings is 2. The highest BCUT2D eigenvalue weighted by molar-refractivity contribution is 5.77. The van der Waals surface area contributed by atoms with Crippen LogP contribution in [0.3, 0.4) is 0 Å². The highest BCUT2D eigenvalue weighted by Gasteiger charge is 2.55. The molecule has 0 amide bonds. The van der Waals surface area contributed by atoms with Crippen LogP contribution < -0.4 is 9.47 Å².